The van der Waals surface area contributed by atoms with Gasteiger partial charge < -0.3 is 41.3 Å². The third-order valence-corrected chi connectivity index (χ3v) is 7.69. The highest BCUT2D eigenvalue weighted by molar-refractivity contribution is 6.03. The van der Waals surface area contributed by atoms with Gasteiger partial charge in [-0.05, 0) is 68.7 Å². The van der Waals surface area contributed by atoms with Crippen molar-refractivity contribution >= 4 is 17.7 Å². The van der Waals surface area contributed by atoms with E-state index in [4.69, 9.17) is 10.5 Å². The predicted molar refractivity (Wildman–Crippen MR) is 148 cm³/mol. The standard InChI is InChI=1S/C29H44N2O8/c1-15-7-6-8-20(13-32)27(39-29(30)38)18(4)9-16(2)25(35)21(14-33)10-17(3)26(36)23-11-22(31-28(15)37)12-24(34)19(23)5/h7,9,11-12,16-17,20-21,25-27,32-36H,6,8,10,13-14H2,1-5H3,(H2,30,38)(H,31,37)/b15-7+,18-9+/t16-,17-,20+,21+,25+,26+,27-/m0/s1. The number of ether oxygens (including phenoxy) is 1. The van der Waals surface area contributed by atoms with Crippen LogP contribution in [0.1, 0.15) is 64.2 Å². The van der Waals surface area contributed by atoms with Crippen LogP contribution in [0, 0.1) is 30.6 Å². The van der Waals surface area contributed by atoms with Crippen molar-refractivity contribution in [3.8, 4) is 5.75 Å². The van der Waals surface area contributed by atoms with Gasteiger partial charge in [-0.25, -0.2) is 4.79 Å². The lowest BCUT2D eigenvalue weighted by Crippen LogP contribution is -2.35. The minimum Gasteiger partial charge on any atom is -0.508 e. The van der Waals surface area contributed by atoms with Gasteiger partial charge in [0, 0.05) is 48.3 Å². The first-order valence-electron chi connectivity index (χ1n) is 13.3. The van der Waals surface area contributed by atoms with Gasteiger partial charge in [0.05, 0.1) is 12.2 Å². The number of amides is 2. The van der Waals surface area contributed by atoms with Crippen LogP contribution in [0.15, 0.2) is 35.4 Å². The highest BCUT2D eigenvalue weighted by atomic mass is 16.6. The molecule has 1 aromatic rings. The Kier molecular flexibility index (Phi) is 12.0. The summed E-state index contributed by atoms with van der Waals surface area (Å²) >= 11 is 0. The van der Waals surface area contributed by atoms with E-state index in [2.05, 4.69) is 5.32 Å². The summed E-state index contributed by atoms with van der Waals surface area (Å²) in [6, 6.07) is 3.02. The number of hydrogen-bond donors (Lipinski definition) is 7. The van der Waals surface area contributed by atoms with E-state index in [0.29, 0.717) is 40.8 Å². The Morgan fingerprint density at radius 1 is 1.10 bits per heavy atom. The van der Waals surface area contributed by atoms with E-state index in [1.165, 1.54) is 6.07 Å². The first kappa shape index (κ1) is 32.3. The summed E-state index contributed by atoms with van der Waals surface area (Å²) in [5.41, 5.74) is 7.52. The number of nitrogens with two attached hydrogens (primary N) is 1. The Hall–Kier alpha value is -2.92. The van der Waals surface area contributed by atoms with E-state index in [0.717, 1.165) is 0 Å². The maximum atomic E-state index is 12.8. The van der Waals surface area contributed by atoms with E-state index in [1.807, 2.05) is 0 Å². The second-order valence-corrected chi connectivity index (χ2v) is 10.8. The number of rotatable bonds is 3. The van der Waals surface area contributed by atoms with E-state index in [9.17, 15) is 35.1 Å². The highest BCUT2D eigenvalue weighted by Crippen LogP contribution is 2.36. The molecular formula is C29H44N2O8. The summed E-state index contributed by atoms with van der Waals surface area (Å²) in [5.74, 6) is -2.49. The molecule has 2 amide bonds. The van der Waals surface area contributed by atoms with Crippen LogP contribution in [0.3, 0.4) is 0 Å². The molecule has 1 heterocycles. The van der Waals surface area contributed by atoms with Crippen molar-refractivity contribution in [2.45, 2.75) is 72.2 Å². The average Bonchev–Trinajstić information content (AvgIpc) is 2.88. The molecule has 7 atom stereocenters. The van der Waals surface area contributed by atoms with Crippen molar-refractivity contribution in [1.29, 1.82) is 0 Å². The number of fused-ring (bicyclic) bond motifs is 2. The number of aromatic hydroxyl groups is 1. The number of phenolic OH excluding ortho intramolecular Hbond substituents is 1. The van der Waals surface area contributed by atoms with Gasteiger partial charge in [-0.3, -0.25) is 4.79 Å². The van der Waals surface area contributed by atoms with Gasteiger partial charge in [0.25, 0.3) is 5.91 Å². The Morgan fingerprint density at radius 2 is 1.74 bits per heavy atom. The molecule has 0 aliphatic carbocycles. The molecule has 1 aromatic carbocycles. The maximum Gasteiger partial charge on any atom is 0.405 e. The zero-order valence-corrected chi connectivity index (χ0v) is 23.4. The van der Waals surface area contributed by atoms with E-state index in [1.54, 1.807) is 52.8 Å². The normalized spacial score (nSPS) is 32.3. The van der Waals surface area contributed by atoms with E-state index >= 15 is 0 Å². The topological polar surface area (TPSA) is 183 Å². The molecule has 2 bridgehead atoms. The second kappa shape index (κ2) is 14.5. The van der Waals surface area contributed by atoms with Crippen LogP contribution in [0.2, 0.25) is 0 Å². The quantitative estimate of drug-likeness (QED) is 0.281. The van der Waals surface area contributed by atoms with Crippen LogP contribution in [0.5, 0.6) is 5.75 Å². The molecule has 10 heteroatoms. The van der Waals surface area contributed by atoms with Crippen molar-refractivity contribution in [3.63, 3.8) is 0 Å². The van der Waals surface area contributed by atoms with Gasteiger partial charge in [0.2, 0.25) is 0 Å². The average molecular weight is 549 g/mol. The molecule has 1 aliphatic rings. The molecule has 0 saturated heterocycles. The SMILES string of the molecule is C/C1=C\CC[C@H](CO)[C@@H](OC(N)=O)/C(C)=C/[C@H](C)[C@@H](O)[C@@H](CO)C[C@H](C)[C@@H](O)c2cc(cc(O)c2C)NC1=O. The van der Waals surface area contributed by atoms with Crippen molar-refractivity contribution in [2.24, 2.45) is 29.4 Å². The Balaban J connectivity index is 2.56. The zero-order valence-electron chi connectivity index (χ0n) is 23.4. The van der Waals surface area contributed by atoms with Crippen LogP contribution in [0.4, 0.5) is 10.5 Å². The number of allylic oxidation sites excluding steroid dienone is 1. The molecule has 39 heavy (non-hydrogen) atoms. The number of carbonyl (C=O) groups excluding carboxylic acids is 2. The molecule has 1 aliphatic heterocycles. The number of benzene rings is 1. The number of aliphatic hydroxyl groups is 4. The van der Waals surface area contributed by atoms with E-state index < -0.39 is 54.0 Å². The molecule has 218 valence electrons. The molecule has 0 spiro atoms. The molecule has 2 rings (SSSR count). The summed E-state index contributed by atoms with van der Waals surface area (Å²) in [6.07, 6.45) is 0.576. The highest BCUT2D eigenvalue weighted by Gasteiger charge is 2.31. The smallest absolute Gasteiger partial charge is 0.405 e. The third kappa shape index (κ3) is 8.53. The molecular weight excluding hydrogens is 504 g/mol. The first-order valence-corrected chi connectivity index (χ1v) is 13.3. The van der Waals surface area contributed by atoms with Gasteiger partial charge >= 0.3 is 6.09 Å². The Morgan fingerprint density at radius 3 is 2.33 bits per heavy atom. The van der Waals surface area contributed by atoms with Crippen molar-refractivity contribution < 1.29 is 39.9 Å². The maximum absolute atomic E-state index is 12.8. The van der Waals surface area contributed by atoms with Crippen molar-refractivity contribution in [1.82, 2.24) is 0 Å². The number of hydrogen-bond acceptors (Lipinski definition) is 8. The fourth-order valence-electron chi connectivity index (χ4n) is 5.23. The largest absolute Gasteiger partial charge is 0.508 e. The minimum absolute atomic E-state index is 0.0826. The van der Waals surface area contributed by atoms with Gasteiger partial charge in [-0.2, -0.15) is 0 Å². The van der Waals surface area contributed by atoms with Crippen LogP contribution >= 0.6 is 0 Å². The first-order chi connectivity index (χ1) is 18.3. The monoisotopic (exact) mass is 548 g/mol. The van der Waals surface area contributed by atoms with Crippen LogP contribution in [-0.2, 0) is 9.53 Å². The summed E-state index contributed by atoms with van der Waals surface area (Å²) < 4.78 is 5.35. The fraction of sp³-hybridized carbons (Fsp3) is 0.586. The molecule has 0 unspecified atom stereocenters. The molecule has 0 aromatic heterocycles. The van der Waals surface area contributed by atoms with Gasteiger partial charge in [-0.1, -0.05) is 26.0 Å². The van der Waals surface area contributed by atoms with Gasteiger partial charge in [-0.15, -0.1) is 0 Å². The number of anilines is 1. The Bertz CT molecular complexity index is 1070. The van der Waals surface area contributed by atoms with Gasteiger partial charge in [0.15, 0.2) is 0 Å². The van der Waals surface area contributed by atoms with Gasteiger partial charge in [0.1, 0.15) is 11.9 Å². The molecule has 10 nitrogen and oxygen atoms in total. The molecule has 0 fully saturated rings. The predicted octanol–water partition coefficient (Wildman–Crippen LogP) is 3.06. The lowest BCUT2D eigenvalue weighted by atomic mass is 9.81. The number of phenols is 1. The number of nitrogens with one attached hydrogen (secondary N) is 1. The van der Waals surface area contributed by atoms with Crippen molar-refractivity contribution in [2.75, 3.05) is 18.5 Å². The van der Waals surface area contributed by atoms with Crippen LogP contribution in [0.25, 0.3) is 0 Å². The zero-order chi connectivity index (χ0) is 29.4. The van der Waals surface area contributed by atoms with E-state index in [-0.39, 0.29) is 25.4 Å². The summed E-state index contributed by atoms with van der Waals surface area (Å²) in [4.78, 5) is 24.5. The number of carbonyl (C=O) groups is 2. The molecule has 8 N–H and O–H groups in total. The molecule has 0 saturated carbocycles. The summed E-state index contributed by atoms with van der Waals surface area (Å²) in [7, 11) is 0. The summed E-state index contributed by atoms with van der Waals surface area (Å²) in [5, 5.41) is 55.7. The van der Waals surface area contributed by atoms with Crippen molar-refractivity contribution in [3.05, 3.63) is 46.6 Å². The lowest BCUT2D eigenvalue weighted by Gasteiger charge is -2.31. The number of primary amides is 1. The Labute approximate surface area is 230 Å². The second-order valence-electron chi connectivity index (χ2n) is 10.8. The lowest BCUT2D eigenvalue weighted by molar-refractivity contribution is -0.112. The molecule has 0 radical (unpaired) electrons. The number of aliphatic hydroxyl groups excluding tert-OH is 4. The minimum atomic E-state index is -1.04. The van der Waals surface area contributed by atoms with Crippen LogP contribution < -0.4 is 11.1 Å². The summed E-state index contributed by atoms with van der Waals surface area (Å²) in [6.45, 7) is 7.94. The fourth-order valence-corrected chi connectivity index (χ4v) is 5.23. The van der Waals surface area contributed by atoms with Crippen LogP contribution in [-0.4, -0.2) is 63.0 Å². The third-order valence-electron chi connectivity index (χ3n) is 7.69.